The molecule has 1 aromatic heterocycles. The number of aryl methyl sites for hydroxylation is 1. The van der Waals surface area contributed by atoms with E-state index in [4.69, 9.17) is 0 Å². The molecule has 0 aliphatic heterocycles. The maximum absolute atomic E-state index is 4.18. The first-order valence-corrected chi connectivity index (χ1v) is 7.54. The maximum Gasteiger partial charge on any atom is 0.103 e. The normalized spacial score (nSPS) is 11.0. The van der Waals surface area contributed by atoms with Crippen LogP contribution in [-0.2, 0) is 6.54 Å². The van der Waals surface area contributed by atoms with Crippen molar-refractivity contribution < 1.29 is 0 Å². The Bertz CT molecular complexity index is 294. The average Bonchev–Trinajstić information content (AvgIpc) is 2.77. The van der Waals surface area contributed by atoms with Crippen molar-refractivity contribution in [2.75, 3.05) is 6.54 Å². The topological polar surface area (TPSA) is 40.7 Å². The van der Waals surface area contributed by atoms with Crippen LogP contribution in [0.1, 0.15) is 69.8 Å². The van der Waals surface area contributed by atoms with Gasteiger partial charge in [-0.05, 0) is 19.9 Å². The third-order valence-electron chi connectivity index (χ3n) is 3.28. The highest BCUT2D eigenvalue weighted by Crippen LogP contribution is 2.07. The molecule has 0 aliphatic rings. The van der Waals surface area contributed by atoms with Gasteiger partial charge in [-0.1, -0.05) is 51.9 Å². The maximum atomic E-state index is 4.18. The number of hydrogen-bond acceptors (Lipinski definition) is 2. The lowest BCUT2D eigenvalue weighted by molar-refractivity contribution is 0.553. The van der Waals surface area contributed by atoms with Crippen molar-refractivity contribution in [3.05, 3.63) is 17.7 Å². The third kappa shape index (κ3) is 7.49. The lowest BCUT2D eigenvalue weighted by atomic mass is 10.1. The molecule has 0 spiro atoms. The van der Waals surface area contributed by atoms with Gasteiger partial charge in [-0.25, -0.2) is 4.98 Å². The van der Waals surface area contributed by atoms with Gasteiger partial charge in [0.2, 0.25) is 0 Å². The molecule has 18 heavy (non-hydrogen) atoms. The monoisotopic (exact) mass is 251 g/mol. The molecule has 0 fully saturated rings. The molecule has 0 radical (unpaired) electrons. The van der Waals surface area contributed by atoms with Gasteiger partial charge in [0.25, 0.3) is 0 Å². The molecule has 0 saturated heterocycles. The van der Waals surface area contributed by atoms with E-state index in [1.165, 1.54) is 57.1 Å². The van der Waals surface area contributed by atoms with Crippen LogP contribution in [0.15, 0.2) is 6.20 Å². The van der Waals surface area contributed by atoms with Crippen molar-refractivity contribution in [1.82, 2.24) is 15.3 Å². The largest absolute Gasteiger partial charge is 0.345 e. The molecule has 0 amide bonds. The van der Waals surface area contributed by atoms with E-state index in [1.807, 2.05) is 13.1 Å². The Labute approximate surface area is 112 Å². The lowest BCUT2D eigenvalue weighted by Crippen LogP contribution is -2.14. The molecule has 0 atom stereocenters. The van der Waals surface area contributed by atoms with Crippen LogP contribution in [0.2, 0.25) is 0 Å². The Morgan fingerprint density at radius 2 is 1.72 bits per heavy atom. The van der Waals surface area contributed by atoms with Crippen LogP contribution in [0.3, 0.4) is 0 Å². The van der Waals surface area contributed by atoms with Crippen LogP contribution in [0.25, 0.3) is 0 Å². The molecular formula is C15H29N3. The van der Waals surface area contributed by atoms with Crippen LogP contribution in [0, 0.1) is 6.92 Å². The van der Waals surface area contributed by atoms with Crippen molar-refractivity contribution in [2.24, 2.45) is 0 Å². The fraction of sp³-hybridized carbons (Fsp3) is 0.800. The molecule has 0 unspecified atom stereocenters. The first-order chi connectivity index (χ1) is 8.83. The van der Waals surface area contributed by atoms with E-state index in [0.717, 1.165) is 18.9 Å². The first kappa shape index (κ1) is 15.2. The Hall–Kier alpha value is -0.830. The van der Waals surface area contributed by atoms with E-state index in [1.54, 1.807) is 0 Å². The summed E-state index contributed by atoms with van der Waals surface area (Å²) in [6.45, 7) is 6.29. The van der Waals surface area contributed by atoms with Crippen molar-refractivity contribution in [3.63, 3.8) is 0 Å². The molecule has 1 aromatic rings. The molecule has 1 heterocycles. The quantitative estimate of drug-likeness (QED) is 0.585. The van der Waals surface area contributed by atoms with Gasteiger partial charge in [0.1, 0.15) is 5.82 Å². The van der Waals surface area contributed by atoms with Gasteiger partial charge in [0.05, 0.1) is 0 Å². The molecule has 3 heteroatoms. The predicted molar refractivity (Wildman–Crippen MR) is 77.6 cm³/mol. The summed E-state index contributed by atoms with van der Waals surface area (Å²) in [5.74, 6) is 0.999. The summed E-state index contributed by atoms with van der Waals surface area (Å²) in [6.07, 6.45) is 13.0. The predicted octanol–water partition coefficient (Wildman–Crippen LogP) is 3.95. The smallest absolute Gasteiger partial charge is 0.103 e. The number of aromatic nitrogens is 2. The second kappa shape index (κ2) is 10.1. The zero-order valence-electron chi connectivity index (χ0n) is 12.1. The zero-order valence-corrected chi connectivity index (χ0v) is 12.1. The molecule has 0 saturated carbocycles. The van der Waals surface area contributed by atoms with E-state index < -0.39 is 0 Å². The number of unbranched alkanes of at least 4 members (excludes halogenated alkanes) is 7. The Morgan fingerprint density at radius 1 is 1.06 bits per heavy atom. The van der Waals surface area contributed by atoms with Crippen LogP contribution < -0.4 is 5.32 Å². The lowest BCUT2D eigenvalue weighted by Gasteiger charge is -2.03. The highest BCUT2D eigenvalue weighted by atomic mass is 14.9. The second-order valence-electron chi connectivity index (χ2n) is 5.15. The van der Waals surface area contributed by atoms with Crippen molar-refractivity contribution >= 4 is 0 Å². The van der Waals surface area contributed by atoms with Gasteiger partial charge in [-0.2, -0.15) is 0 Å². The Balaban J connectivity index is 1.81. The van der Waals surface area contributed by atoms with Gasteiger partial charge < -0.3 is 10.3 Å². The fourth-order valence-corrected chi connectivity index (χ4v) is 2.17. The van der Waals surface area contributed by atoms with E-state index in [-0.39, 0.29) is 0 Å². The number of rotatable bonds is 11. The molecule has 0 aliphatic carbocycles. The summed E-state index contributed by atoms with van der Waals surface area (Å²) in [7, 11) is 0. The van der Waals surface area contributed by atoms with Crippen LogP contribution in [-0.4, -0.2) is 16.5 Å². The average molecular weight is 251 g/mol. The van der Waals surface area contributed by atoms with Gasteiger partial charge in [-0.3, -0.25) is 0 Å². The number of imidazole rings is 1. The summed E-state index contributed by atoms with van der Waals surface area (Å²) in [5.41, 5.74) is 1.19. The van der Waals surface area contributed by atoms with Crippen molar-refractivity contribution in [1.29, 1.82) is 0 Å². The number of hydrogen-bond donors (Lipinski definition) is 2. The molecule has 3 nitrogen and oxygen atoms in total. The van der Waals surface area contributed by atoms with Crippen LogP contribution in [0.5, 0.6) is 0 Å². The number of nitrogens with zero attached hydrogens (tertiary/aromatic N) is 1. The Morgan fingerprint density at radius 3 is 2.33 bits per heavy atom. The summed E-state index contributed by atoms with van der Waals surface area (Å²) in [4.78, 5) is 7.42. The van der Waals surface area contributed by atoms with Crippen LogP contribution >= 0.6 is 0 Å². The number of nitrogens with one attached hydrogen (secondary N) is 2. The van der Waals surface area contributed by atoms with E-state index in [2.05, 4.69) is 22.2 Å². The highest BCUT2D eigenvalue weighted by Gasteiger charge is 1.96. The summed E-state index contributed by atoms with van der Waals surface area (Å²) >= 11 is 0. The molecule has 0 bridgehead atoms. The second-order valence-corrected chi connectivity index (χ2v) is 5.15. The van der Waals surface area contributed by atoms with Gasteiger partial charge in [-0.15, -0.1) is 0 Å². The molecule has 104 valence electrons. The first-order valence-electron chi connectivity index (χ1n) is 7.54. The van der Waals surface area contributed by atoms with E-state index in [9.17, 15) is 0 Å². The van der Waals surface area contributed by atoms with Gasteiger partial charge >= 0.3 is 0 Å². The Kier molecular flexibility index (Phi) is 8.57. The third-order valence-corrected chi connectivity index (χ3v) is 3.28. The highest BCUT2D eigenvalue weighted by molar-refractivity contribution is 4.98. The number of aromatic amines is 1. The standard InChI is InChI=1S/C15H29N3/c1-3-4-5-6-7-8-9-10-11-16-12-15-13-17-14(2)18-15/h13,16H,3-12H2,1-2H3,(H,17,18). The minimum Gasteiger partial charge on any atom is -0.345 e. The minimum atomic E-state index is 0.914. The fourth-order valence-electron chi connectivity index (χ4n) is 2.17. The summed E-state index contributed by atoms with van der Waals surface area (Å²) in [6, 6.07) is 0. The molecule has 1 rings (SSSR count). The van der Waals surface area contributed by atoms with Crippen molar-refractivity contribution in [3.8, 4) is 0 Å². The molecule has 2 N–H and O–H groups in total. The van der Waals surface area contributed by atoms with Crippen molar-refractivity contribution in [2.45, 2.75) is 71.8 Å². The molecule has 0 aromatic carbocycles. The summed E-state index contributed by atoms with van der Waals surface area (Å²) < 4.78 is 0. The number of H-pyrrole nitrogens is 1. The van der Waals surface area contributed by atoms with Crippen LogP contribution in [0.4, 0.5) is 0 Å². The van der Waals surface area contributed by atoms with E-state index in [0.29, 0.717) is 0 Å². The SMILES string of the molecule is CCCCCCCCCCNCc1cnc(C)[nH]1. The minimum absolute atomic E-state index is 0.914. The summed E-state index contributed by atoms with van der Waals surface area (Å²) in [5, 5.41) is 3.45. The zero-order chi connectivity index (χ0) is 13.1. The van der Waals surface area contributed by atoms with Gasteiger partial charge in [0.15, 0.2) is 0 Å². The van der Waals surface area contributed by atoms with Gasteiger partial charge in [0, 0.05) is 18.4 Å². The van der Waals surface area contributed by atoms with E-state index >= 15 is 0 Å². The molecular weight excluding hydrogens is 222 g/mol.